The van der Waals surface area contributed by atoms with Crippen LogP contribution in [0, 0.1) is 0 Å². The van der Waals surface area contributed by atoms with Crippen molar-refractivity contribution in [2.75, 3.05) is 12.5 Å². The molecular weight excluding hydrogens is 412 g/mol. The van der Waals surface area contributed by atoms with E-state index in [0.29, 0.717) is 22.8 Å². The first-order chi connectivity index (χ1) is 13.9. The lowest BCUT2D eigenvalue weighted by Gasteiger charge is -2.06. The molecule has 0 bridgehead atoms. The minimum absolute atomic E-state index is 0.00610. The highest BCUT2D eigenvalue weighted by atomic mass is 32.2. The molecule has 0 saturated heterocycles. The number of fused-ring (bicyclic) bond motifs is 2. The molecule has 0 fully saturated rings. The fraction of sp³-hybridized carbons (Fsp3) is 0.200. The van der Waals surface area contributed by atoms with Gasteiger partial charge < -0.3 is 14.0 Å². The number of thiazole rings is 1. The van der Waals surface area contributed by atoms with Crippen LogP contribution in [0.2, 0.25) is 0 Å². The van der Waals surface area contributed by atoms with Gasteiger partial charge in [-0.1, -0.05) is 36.5 Å². The van der Waals surface area contributed by atoms with Crippen molar-refractivity contribution in [2.45, 2.75) is 18.4 Å². The molecule has 0 spiro atoms. The highest BCUT2D eigenvalue weighted by Crippen LogP contribution is 2.37. The molecule has 3 aromatic rings. The van der Waals surface area contributed by atoms with Gasteiger partial charge in [0.2, 0.25) is 6.79 Å². The molecule has 0 unspecified atom stereocenters. The second-order valence-electron chi connectivity index (χ2n) is 6.27. The second-order valence-corrected chi connectivity index (χ2v) is 9.53. The van der Waals surface area contributed by atoms with E-state index in [9.17, 15) is 13.2 Å². The van der Waals surface area contributed by atoms with Crippen molar-refractivity contribution in [3.8, 4) is 11.5 Å². The zero-order chi connectivity index (χ0) is 20.6. The van der Waals surface area contributed by atoms with Gasteiger partial charge in [0.1, 0.15) is 0 Å². The van der Waals surface area contributed by atoms with Gasteiger partial charge in [-0.3, -0.25) is 4.79 Å². The summed E-state index contributed by atoms with van der Waals surface area (Å²) in [5, 5.41) is 0. The maximum Gasteiger partial charge on any atom is 0.280 e. The molecule has 4 rings (SSSR count). The van der Waals surface area contributed by atoms with Crippen LogP contribution in [0.5, 0.6) is 11.5 Å². The molecule has 0 radical (unpaired) electrons. The van der Waals surface area contributed by atoms with E-state index >= 15 is 0 Å². The van der Waals surface area contributed by atoms with Crippen molar-refractivity contribution >= 4 is 37.3 Å². The van der Waals surface area contributed by atoms with Gasteiger partial charge in [0.25, 0.3) is 5.91 Å². The average molecular weight is 431 g/mol. The number of nitrogens with zero attached hydrogens (tertiary/aromatic N) is 2. The number of hydrogen-bond donors (Lipinski definition) is 0. The molecule has 0 N–H and O–H groups in total. The Morgan fingerprint density at radius 2 is 2.00 bits per heavy atom. The van der Waals surface area contributed by atoms with Crippen molar-refractivity contribution in [3.05, 3.63) is 59.4 Å². The Labute approximate surface area is 171 Å². The van der Waals surface area contributed by atoms with Crippen molar-refractivity contribution in [1.82, 2.24) is 4.57 Å². The van der Waals surface area contributed by atoms with E-state index < -0.39 is 15.7 Å². The van der Waals surface area contributed by atoms with Gasteiger partial charge in [0.15, 0.2) is 26.1 Å². The third-order valence-corrected chi connectivity index (χ3v) is 7.35. The molecule has 1 amide bonds. The number of hydrogen-bond acceptors (Lipinski definition) is 6. The maximum absolute atomic E-state index is 12.9. The van der Waals surface area contributed by atoms with Crippen LogP contribution in [0.1, 0.15) is 17.3 Å². The number of sulfone groups is 1. The number of allylic oxidation sites excluding steroid dienone is 1. The summed E-state index contributed by atoms with van der Waals surface area (Å²) in [6, 6.07) is 9.83. The Morgan fingerprint density at radius 3 is 2.72 bits per heavy atom. The number of carbonyl (C=O) groups excluding carboxylic acids is 1. The van der Waals surface area contributed by atoms with Crippen LogP contribution in [0.15, 0.2) is 58.9 Å². The highest BCUT2D eigenvalue weighted by molar-refractivity contribution is 7.91. The van der Waals surface area contributed by atoms with Crippen LogP contribution in [0.4, 0.5) is 0 Å². The lowest BCUT2D eigenvalue weighted by atomic mass is 10.2. The van der Waals surface area contributed by atoms with Gasteiger partial charge in [-0.15, -0.1) is 6.58 Å². The highest BCUT2D eigenvalue weighted by Gasteiger charge is 2.21. The van der Waals surface area contributed by atoms with Crippen LogP contribution in [0.3, 0.4) is 0 Å². The largest absolute Gasteiger partial charge is 0.454 e. The predicted molar refractivity (Wildman–Crippen MR) is 110 cm³/mol. The summed E-state index contributed by atoms with van der Waals surface area (Å²) >= 11 is 1.31. The molecular formula is C20H18N2O5S2. The van der Waals surface area contributed by atoms with Crippen molar-refractivity contribution < 1.29 is 22.7 Å². The lowest BCUT2D eigenvalue weighted by molar-refractivity contribution is 0.0994. The molecule has 2 heterocycles. The molecule has 0 aliphatic carbocycles. The molecule has 1 aliphatic rings. The molecule has 0 atom stereocenters. The number of aromatic nitrogens is 1. The summed E-state index contributed by atoms with van der Waals surface area (Å²) in [5.41, 5.74) is 0.895. The third-order valence-electron chi connectivity index (χ3n) is 4.52. The maximum atomic E-state index is 12.9. The number of carbonyl (C=O) groups is 1. The van der Waals surface area contributed by atoms with E-state index in [4.69, 9.17) is 9.47 Å². The van der Waals surface area contributed by atoms with Crippen molar-refractivity contribution in [3.63, 3.8) is 0 Å². The second kappa shape index (κ2) is 7.49. The summed E-state index contributed by atoms with van der Waals surface area (Å²) < 4.78 is 38.3. The lowest BCUT2D eigenvalue weighted by Crippen LogP contribution is -2.17. The normalized spacial score (nSPS) is 13.8. The Balaban J connectivity index is 1.88. The van der Waals surface area contributed by atoms with Crippen LogP contribution in [0.25, 0.3) is 10.2 Å². The summed E-state index contributed by atoms with van der Waals surface area (Å²) in [4.78, 5) is 17.6. The first-order valence-electron chi connectivity index (χ1n) is 8.89. The average Bonchev–Trinajstić information content (AvgIpc) is 3.30. The Bertz CT molecular complexity index is 1300. The first kappa shape index (κ1) is 19.4. The van der Waals surface area contributed by atoms with E-state index in [1.54, 1.807) is 25.1 Å². The van der Waals surface area contributed by atoms with Crippen molar-refractivity contribution in [2.24, 2.45) is 4.99 Å². The number of rotatable bonds is 5. The minimum Gasteiger partial charge on any atom is -0.454 e. The third kappa shape index (κ3) is 3.47. The van der Waals surface area contributed by atoms with Gasteiger partial charge in [-0.2, -0.15) is 4.99 Å². The van der Waals surface area contributed by atoms with E-state index in [-0.39, 0.29) is 23.0 Å². The first-order valence-corrected chi connectivity index (χ1v) is 11.4. The molecule has 0 saturated carbocycles. The summed E-state index contributed by atoms with van der Waals surface area (Å²) in [6.45, 7) is 5.92. The summed E-state index contributed by atoms with van der Waals surface area (Å²) in [7, 11) is -3.55. The van der Waals surface area contributed by atoms with Crippen LogP contribution >= 0.6 is 11.3 Å². The topological polar surface area (TPSA) is 87.0 Å². The van der Waals surface area contributed by atoms with E-state index in [0.717, 1.165) is 10.2 Å². The Hall–Kier alpha value is -2.91. The smallest absolute Gasteiger partial charge is 0.280 e. The van der Waals surface area contributed by atoms with Crippen LogP contribution < -0.4 is 14.3 Å². The van der Waals surface area contributed by atoms with Crippen LogP contribution in [-0.2, 0) is 16.4 Å². The molecule has 7 nitrogen and oxygen atoms in total. The minimum atomic E-state index is -3.55. The number of ether oxygens (including phenoxy) is 2. The molecule has 9 heteroatoms. The SMILES string of the molecule is C=CCn1c(=NC(=O)c2ccccc2S(=O)(=O)CC)sc2cc3c(cc21)OCO3. The van der Waals surface area contributed by atoms with Gasteiger partial charge in [0, 0.05) is 18.7 Å². The Morgan fingerprint density at radius 1 is 1.28 bits per heavy atom. The van der Waals surface area contributed by atoms with E-state index in [2.05, 4.69) is 11.6 Å². The van der Waals surface area contributed by atoms with Gasteiger partial charge in [0.05, 0.1) is 26.4 Å². The molecule has 1 aliphatic heterocycles. The van der Waals surface area contributed by atoms with E-state index in [1.807, 2.05) is 16.7 Å². The summed E-state index contributed by atoms with van der Waals surface area (Å²) in [6.07, 6.45) is 1.70. The predicted octanol–water partition coefficient (Wildman–Crippen LogP) is 3.15. The molecule has 29 heavy (non-hydrogen) atoms. The fourth-order valence-electron chi connectivity index (χ4n) is 3.07. The standard InChI is InChI=1S/C20H18N2O5S2/c1-3-9-22-14-10-15-16(27-12-26-15)11-17(14)28-20(22)21-19(23)13-7-5-6-8-18(13)29(24,25)4-2/h3,5-8,10-11H,1,4,9,12H2,2H3. The molecule has 1 aromatic heterocycles. The fourth-order valence-corrected chi connectivity index (χ4v) is 5.20. The van der Waals surface area contributed by atoms with Gasteiger partial charge >= 0.3 is 0 Å². The zero-order valence-corrected chi connectivity index (χ0v) is 17.3. The van der Waals surface area contributed by atoms with Crippen molar-refractivity contribution in [1.29, 1.82) is 0 Å². The summed E-state index contributed by atoms with van der Waals surface area (Å²) in [5.74, 6) is 0.566. The number of amides is 1. The quantitative estimate of drug-likeness (QED) is 0.581. The monoisotopic (exact) mass is 430 g/mol. The van der Waals surface area contributed by atoms with Gasteiger partial charge in [-0.25, -0.2) is 8.42 Å². The van der Waals surface area contributed by atoms with Gasteiger partial charge in [-0.05, 0) is 12.1 Å². The zero-order valence-electron chi connectivity index (χ0n) is 15.6. The number of benzene rings is 2. The molecule has 2 aromatic carbocycles. The van der Waals surface area contributed by atoms with Crippen LogP contribution in [-0.4, -0.2) is 31.4 Å². The molecule has 150 valence electrons. The van der Waals surface area contributed by atoms with E-state index in [1.165, 1.54) is 23.5 Å². The Kier molecular flexibility index (Phi) is 5.01.